The molecular weight excluding hydrogens is 389 g/mol. The number of fused-ring (bicyclic) bond motifs is 3. The molecule has 31 heavy (non-hydrogen) atoms. The number of anilines is 2. The molecule has 0 saturated heterocycles. The number of rotatable bonds is 3. The molecule has 0 aliphatic heterocycles. The predicted molar refractivity (Wildman–Crippen MR) is 122 cm³/mol. The molecule has 0 amide bonds. The molecule has 6 aromatic rings. The van der Waals surface area contributed by atoms with Gasteiger partial charge in [-0.15, -0.1) is 0 Å². The summed E-state index contributed by atoms with van der Waals surface area (Å²) in [6, 6.07) is 24.9. The lowest BCUT2D eigenvalue weighted by Crippen LogP contribution is -2.01. The smallest absolute Gasteiger partial charge is 0.162 e. The number of nitrogens with zero attached hydrogens (tertiary/aromatic N) is 3. The van der Waals surface area contributed by atoms with E-state index in [4.69, 9.17) is 4.98 Å². The van der Waals surface area contributed by atoms with E-state index in [2.05, 4.69) is 38.7 Å². The lowest BCUT2D eigenvalue weighted by Gasteiger charge is -2.12. The third kappa shape index (κ3) is 3.05. The fraction of sp³-hybridized carbons (Fsp3) is 0. The number of nitrogens with one attached hydrogen (secondary N) is 2. The van der Waals surface area contributed by atoms with Crippen molar-refractivity contribution < 1.29 is 4.39 Å². The molecule has 0 unspecified atom stereocenters. The van der Waals surface area contributed by atoms with Crippen LogP contribution in [0.25, 0.3) is 44.0 Å². The van der Waals surface area contributed by atoms with Gasteiger partial charge >= 0.3 is 0 Å². The Morgan fingerprint density at radius 3 is 2.61 bits per heavy atom. The van der Waals surface area contributed by atoms with Crippen molar-refractivity contribution in [1.82, 2.24) is 20.2 Å². The molecule has 0 saturated carbocycles. The van der Waals surface area contributed by atoms with Gasteiger partial charge < -0.3 is 5.32 Å². The first kappa shape index (κ1) is 17.5. The average molecular weight is 405 g/mol. The first-order chi connectivity index (χ1) is 15.2. The van der Waals surface area contributed by atoms with E-state index >= 15 is 0 Å². The number of halogens is 1. The molecule has 2 N–H and O–H groups in total. The van der Waals surface area contributed by atoms with Crippen LogP contribution in [0, 0.1) is 5.82 Å². The molecule has 0 spiro atoms. The van der Waals surface area contributed by atoms with Crippen molar-refractivity contribution in [3.8, 4) is 11.4 Å². The van der Waals surface area contributed by atoms with Gasteiger partial charge in [-0.05, 0) is 47.2 Å². The van der Waals surface area contributed by atoms with Crippen molar-refractivity contribution in [2.45, 2.75) is 0 Å². The Kier molecular flexibility index (Phi) is 3.89. The minimum atomic E-state index is -0.366. The maximum Gasteiger partial charge on any atom is 0.162 e. The zero-order valence-electron chi connectivity index (χ0n) is 16.3. The van der Waals surface area contributed by atoms with E-state index in [-0.39, 0.29) is 5.82 Å². The molecule has 5 nitrogen and oxygen atoms in total. The molecule has 2 heterocycles. The fourth-order valence-electron chi connectivity index (χ4n) is 3.85. The molecule has 148 valence electrons. The molecule has 6 heteroatoms. The molecule has 0 fully saturated rings. The van der Waals surface area contributed by atoms with Crippen LogP contribution in [0.4, 0.5) is 15.9 Å². The van der Waals surface area contributed by atoms with Crippen molar-refractivity contribution >= 4 is 44.1 Å². The van der Waals surface area contributed by atoms with Gasteiger partial charge in [-0.3, -0.25) is 5.10 Å². The van der Waals surface area contributed by atoms with Crippen LogP contribution in [-0.2, 0) is 0 Å². The van der Waals surface area contributed by atoms with E-state index in [9.17, 15) is 4.39 Å². The summed E-state index contributed by atoms with van der Waals surface area (Å²) in [5.74, 6) is 0.597. The topological polar surface area (TPSA) is 66.5 Å². The van der Waals surface area contributed by atoms with Crippen LogP contribution in [-0.4, -0.2) is 20.2 Å². The number of aromatic amines is 1. The summed E-state index contributed by atoms with van der Waals surface area (Å²) in [5, 5.41) is 13.8. The van der Waals surface area contributed by atoms with Crippen molar-refractivity contribution in [3.63, 3.8) is 0 Å². The van der Waals surface area contributed by atoms with Crippen molar-refractivity contribution in [2.24, 2.45) is 0 Å². The summed E-state index contributed by atoms with van der Waals surface area (Å²) in [6.07, 6.45) is 1.75. The highest BCUT2D eigenvalue weighted by atomic mass is 19.1. The van der Waals surface area contributed by atoms with Crippen LogP contribution in [0.3, 0.4) is 0 Å². The summed E-state index contributed by atoms with van der Waals surface area (Å²) in [4.78, 5) is 9.37. The predicted octanol–water partition coefficient (Wildman–Crippen LogP) is 6.21. The van der Waals surface area contributed by atoms with E-state index in [0.29, 0.717) is 22.5 Å². The second-order valence-corrected chi connectivity index (χ2v) is 7.39. The van der Waals surface area contributed by atoms with Crippen LogP contribution < -0.4 is 5.32 Å². The van der Waals surface area contributed by atoms with E-state index in [0.717, 1.165) is 32.9 Å². The van der Waals surface area contributed by atoms with Crippen LogP contribution in [0.15, 0.2) is 85.1 Å². The third-order valence-electron chi connectivity index (χ3n) is 5.38. The number of H-pyrrole nitrogens is 1. The Morgan fingerprint density at radius 2 is 1.68 bits per heavy atom. The summed E-state index contributed by atoms with van der Waals surface area (Å²) >= 11 is 0. The first-order valence-electron chi connectivity index (χ1n) is 9.90. The standard InChI is InChI=1S/C25H16FN5/c26-20-6-3-7-22-23(20)25(28-19-10-11-21-18(13-19)14-27-31-21)30-24(29-22)17-9-8-15-4-1-2-5-16(15)12-17/h1-14H,(H,27,31)(H,28,29,30). The summed E-state index contributed by atoms with van der Waals surface area (Å²) in [5.41, 5.74) is 3.14. The Hall–Kier alpha value is -4.32. The van der Waals surface area contributed by atoms with Crippen LogP contribution >= 0.6 is 0 Å². The average Bonchev–Trinajstić information content (AvgIpc) is 3.26. The van der Waals surface area contributed by atoms with E-state index in [1.807, 2.05) is 42.5 Å². The zero-order valence-corrected chi connectivity index (χ0v) is 16.3. The highest BCUT2D eigenvalue weighted by Gasteiger charge is 2.14. The van der Waals surface area contributed by atoms with E-state index < -0.39 is 0 Å². The Labute approximate surface area is 176 Å². The molecule has 2 aromatic heterocycles. The van der Waals surface area contributed by atoms with Gasteiger partial charge in [0.15, 0.2) is 5.82 Å². The van der Waals surface area contributed by atoms with Gasteiger partial charge in [0.25, 0.3) is 0 Å². The number of benzene rings is 4. The number of hydrogen-bond acceptors (Lipinski definition) is 4. The van der Waals surface area contributed by atoms with Crippen LogP contribution in [0.5, 0.6) is 0 Å². The lowest BCUT2D eigenvalue weighted by molar-refractivity contribution is 0.639. The van der Waals surface area contributed by atoms with Crippen LogP contribution in [0.2, 0.25) is 0 Å². The van der Waals surface area contributed by atoms with Crippen molar-refractivity contribution in [1.29, 1.82) is 0 Å². The van der Waals surface area contributed by atoms with Crippen molar-refractivity contribution in [2.75, 3.05) is 5.32 Å². The highest BCUT2D eigenvalue weighted by Crippen LogP contribution is 2.31. The van der Waals surface area contributed by atoms with Gasteiger partial charge in [-0.2, -0.15) is 5.10 Å². The van der Waals surface area contributed by atoms with E-state index in [1.54, 1.807) is 18.3 Å². The molecule has 0 atom stereocenters. The Morgan fingerprint density at radius 1 is 0.774 bits per heavy atom. The van der Waals surface area contributed by atoms with Crippen molar-refractivity contribution in [3.05, 3.63) is 90.9 Å². The summed E-state index contributed by atoms with van der Waals surface area (Å²) < 4.78 is 14.8. The zero-order chi connectivity index (χ0) is 20.8. The normalized spacial score (nSPS) is 11.4. The fourth-order valence-corrected chi connectivity index (χ4v) is 3.85. The van der Waals surface area contributed by atoms with Gasteiger partial charge in [0.05, 0.1) is 22.6 Å². The second kappa shape index (κ2) is 6.88. The van der Waals surface area contributed by atoms with Gasteiger partial charge in [0.2, 0.25) is 0 Å². The molecule has 0 aliphatic rings. The van der Waals surface area contributed by atoms with Gasteiger partial charge in [0, 0.05) is 16.6 Å². The summed E-state index contributed by atoms with van der Waals surface area (Å²) in [6.45, 7) is 0. The SMILES string of the molecule is Fc1cccc2nc(-c3ccc4ccccc4c3)nc(Nc3ccc4[nH]ncc4c3)c12. The third-order valence-corrected chi connectivity index (χ3v) is 5.38. The monoisotopic (exact) mass is 405 g/mol. The maximum absolute atomic E-state index is 14.8. The molecule has 0 aliphatic carbocycles. The second-order valence-electron chi connectivity index (χ2n) is 7.39. The molecule has 6 rings (SSSR count). The van der Waals surface area contributed by atoms with E-state index in [1.165, 1.54) is 6.07 Å². The largest absolute Gasteiger partial charge is 0.339 e. The minimum Gasteiger partial charge on any atom is -0.339 e. The first-order valence-corrected chi connectivity index (χ1v) is 9.90. The molecule has 0 radical (unpaired) electrons. The maximum atomic E-state index is 14.8. The molecule has 0 bridgehead atoms. The van der Waals surface area contributed by atoms with Gasteiger partial charge in [-0.1, -0.05) is 42.5 Å². The molecular formula is C25H16FN5. The quantitative estimate of drug-likeness (QED) is 0.367. The Balaban J connectivity index is 1.53. The van der Waals surface area contributed by atoms with Gasteiger partial charge in [-0.25, -0.2) is 14.4 Å². The summed E-state index contributed by atoms with van der Waals surface area (Å²) in [7, 11) is 0. The Bertz CT molecular complexity index is 1590. The van der Waals surface area contributed by atoms with Crippen LogP contribution in [0.1, 0.15) is 0 Å². The lowest BCUT2D eigenvalue weighted by atomic mass is 10.1. The number of hydrogen-bond donors (Lipinski definition) is 2. The highest BCUT2D eigenvalue weighted by molar-refractivity contribution is 5.94. The minimum absolute atomic E-state index is 0.360. The molecule has 4 aromatic carbocycles. The van der Waals surface area contributed by atoms with Gasteiger partial charge in [0.1, 0.15) is 11.6 Å². The number of aromatic nitrogens is 4.